The molecule has 7 heteroatoms. The zero-order chi connectivity index (χ0) is 19.2. The summed E-state index contributed by atoms with van der Waals surface area (Å²) in [7, 11) is 0. The number of para-hydroxylation sites is 2. The Morgan fingerprint density at radius 3 is 2.56 bits per heavy atom. The number of nitrogens with two attached hydrogens (primary N) is 1. The maximum absolute atomic E-state index is 12.2. The summed E-state index contributed by atoms with van der Waals surface area (Å²) >= 11 is 0. The van der Waals surface area contributed by atoms with Gasteiger partial charge in [0.1, 0.15) is 0 Å². The molecule has 2 aromatic carbocycles. The van der Waals surface area contributed by atoms with Crippen LogP contribution in [-0.2, 0) is 16.0 Å². The van der Waals surface area contributed by atoms with Crippen molar-refractivity contribution in [2.24, 2.45) is 10.9 Å². The SMILES string of the molecule is CCCCOC(=O)O/N=C1\Cc2ccccc2N(C(N)=O)c2ccccc21. The zero-order valence-electron chi connectivity index (χ0n) is 15.1. The van der Waals surface area contributed by atoms with Gasteiger partial charge >= 0.3 is 12.2 Å². The van der Waals surface area contributed by atoms with Gasteiger partial charge in [0, 0.05) is 12.0 Å². The van der Waals surface area contributed by atoms with Crippen molar-refractivity contribution >= 4 is 29.3 Å². The third-order valence-electron chi connectivity index (χ3n) is 4.21. The van der Waals surface area contributed by atoms with Gasteiger partial charge in [-0.3, -0.25) is 9.74 Å². The highest BCUT2D eigenvalue weighted by Crippen LogP contribution is 2.35. The maximum Gasteiger partial charge on any atom is 0.535 e. The highest BCUT2D eigenvalue weighted by Gasteiger charge is 2.27. The van der Waals surface area contributed by atoms with Gasteiger partial charge in [0.25, 0.3) is 0 Å². The third kappa shape index (κ3) is 4.08. The Morgan fingerprint density at radius 1 is 1.11 bits per heavy atom. The van der Waals surface area contributed by atoms with E-state index in [1.54, 1.807) is 12.1 Å². The molecular formula is C20H21N3O4. The molecule has 7 nitrogen and oxygen atoms in total. The molecule has 0 saturated carbocycles. The fraction of sp³-hybridized carbons (Fsp3) is 0.250. The fourth-order valence-corrected chi connectivity index (χ4v) is 2.93. The number of urea groups is 1. The number of fused-ring (bicyclic) bond motifs is 2. The van der Waals surface area contributed by atoms with Gasteiger partial charge in [0.05, 0.1) is 23.7 Å². The number of carbonyl (C=O) groups excluding carboxylic acids is 2. The molecule has 0 aromatic heterocycles. The summed E-state index contributed by atoms with van der Waals surface area (Å²) in [6.07, 6.45) is 1.20. The maximum atomic E-state index is 12.2. The Kier molecular flexibility index (Phi) is 5.71. The van der Waals surface area contributed by atoms with Crippen LogP contribution in [0.5, 0.6) is 0 Å². The van der Waals surface area contributed by atoms with Crippen molar-refractivity contribution in [2.75, 3.05) is 11.5 Å². The molecular weight excluding hydrogens is 346 g/mol. The van der Waals surface area contributed by atoms with Crippen LogP contribution in [-0.4, -0.2) is 24.5 Å². The van der Waals surface area contributed by atoms with E-state index in [1.165, 1.54) is 4.90 Å². The second-order valence-electron chi connectivity index (χ2n) is 6.08. The largest absolute Gasteiger partial charge is 0.535 e. The van der Waals surface area contributed by atoms with Crippen molar-refractivity contribution < 1.29 is 19.2 Å². The van der Waals surface area contributed by atoms with Gasteiger partial charge in [-0.25, -0.2) is 9.59 Å². The number of ether oxygens (including phenoxy) is 1. The average molecular weight is 367 g/mol. The van der Waals surface area contributed by atoms with Gasteiger partial charge in [0.2, 0.25) is 0 Å². The van der Waals surface area contributed by atoms with E-state index in [2.05, 4.69) is 5.16 Å². The zero-order valence-corrected chi connectivity index (χ0v) is 15.1. The summed E-state index contributed by atoms with van der Waals surface area (Å²) in [6, 6.07) is 14.0. The van der Waals surface area contributed by atoms with E-state index < -0.39 is 12.2 Å². The lowest BCUT2D eigenvalue weighted by atomic mass is 10.0. The fourth-order valence-electron chi connectivity index (χ4n) is 2.93. The van der Waals surface area contributed by atoms with Crippen LogP contribution in [0.15, 0.2) is 53.7 Å². The van der Waals surface area contributed by atoms with Gasteiger partial charge < -0.3 is 10.5 Å². The first-order chi connectivity index (χ1) is 13.1. The van der Waals surface area contributed by atoms with Gasteiger partial charge in [0.15, 0.2) is 0 Å². The number of amides is 2. The Hall–Kier alpha value is -3.35. The van der Waals surface area contributed by atoms with Crippen molar-refractivity contribution in [2.45, 2.75) is 26.2 Å². The number of rotatable bonds is 4. The van der Waals surface area contributed by atoms with Crippen molar-refractivity contribution in [1.29, 1.82) is 0 Å². The number of unbranched alkanes of at least 4 members (excludes halogenated alkanes) is 1. The van der Waals surface area contributed by atoms with Gasteiger partial charge in [-0.05, 0) is 24.1 Å². The Bertz CT molecular complexity index is 879. The number of hydrogen-bond donors (Lipinski definition) is 1. The number of carbonyl (C=O) groups is 2. The predicted octanol–water partition coefficient (Wildman–Crippen LogP) is 4.12. The minimum absolute atomic E-state index is 0.287. The van der Waals surface area contributed by atoms with Crippen LogP contribution in [0.2, 0.25) is 0 Å². The molecule has 0 fully saturated rings. The number of anilines is 2. The molecule has 1 aliphatic heterocycles. The van der Waals surface area contributed by atoms with Crippen molar-refractivity contribution in [3.8, 4) is 0 Å². The summed E-state index contributed by atoms with van der Waals surface area (Å²) < 4.78 is 4.97. The molecule has 0 unspecified atom stereocenters. The average Bonchev–Trinajstić information content (AvgIpc) is 2.81. The van der Waals surface area contributed by atoms with Crippen molar-refractivity contribution in [3.63, 3.8) is 0 Å². The summed E-state index contributed by atoms with van der Waals surface area (Å²) in [5.41, 5.74) is 8.91. The lowest BCUT2D eigenvalue weighted by Gasteiger charge is -2.22. The molecule has 140 valence electrons. The van der Waals surface area contributed by atoms with Crippen LogP contribution in [0.1, 0.15) is 30.9 Å². The lowest BCUT2D eigenvalue weighted by molar-refractivity contribution is 0.0564. The van der Waals surface area contributed by atoms with Crippen molar-refractivity contribution in [1.82, 2.24) is 0 Å². The van der Waals surface area contributed by atoms with E-state index in [1.807, 2.05) is 43.3 Å². The molecule has 0 atom stereocenters. The number of hydrogen-bond acceptors (Lipinski definition) is 5. The highest BCUT2D eigenvalue weighted by atomic mass is 16.8. The molecule has 27 heavy (non-hydrogen) atoms. The molecule has 0 radical (unpaired) electrons. The van der Waals surface area contributed by atoms with Crippen LogP contribution < -0.4 is 10.6 Å². The molecule has 3 rings (SSSR count). The van der Waals surface area contributed by atoms with E-state index in [-0.39, 0.29) is 6.61 Å². The summed E-state index contributed by atoms with van der Waals surface area (Å²) in [5.74, 6) is 0. The number of primary amides is 1. The van der Waals surface area contributed by atoms with Crippen molar-refractivity contribution in [3.05, 3.63) is 59.7 Å². The first-order valence-corrected chi connectivity index (χ1v) is 8.79. The van der Waals surface area contributed by atoms with Gasteiger partial charge in [-0.15, -0.1) is 0 Å². The van der Waals surface area contributed by atoms with Crippen LogP contribution in [0.4, 0.5) is 21.0 Å². The third-order valence-corrected chi connectivity index (χ3v) is 4.21. The number of nitrogens with zero attached hydrogens (tertiary/aromatic N) is 2. The predicted molar refractivity (Wildman–Crippen MR) is 102 cm³/mol. The topological polar surface area (TPSA) is 94.2 Å². The van der Waals surface area contributed by atoms with E-state index in [9.17, 15) is 9.59 Å². The monoisotopic (exact) mass is 367 g/mol. The first-order valence-electron chi connectivity index (χ1n) is 8.79. The number of benzene rings is 2. The second kappa shape index (κ2) is 8.35. The molecule has 0 saturated heterocycles. The molecule has 0 spiro atoms. The molecule has 0 aliphatic carbocycles. The normalized spacial score (nSPS) is 14.1. The van der Waals surface area contributed by atoms with Crippen LogP contribution in [0.3, 0.4) is 0 Å². The smallest absolute Gasteiger partial charge is 0.433 e. The summed E-state index contributed by atoms with van der Waals surface area (Å²) in [4.78, 5) is 30.3. The Balaban J connectivity index is 1.98. The Labute approximate surface area is 157 Å². The Morgan fingerprint density at radius 2 is 1.81 bits per heavy atom. The molecule has 2 N–H and O–H groups in total. The minimum atomic E-state index is -0.849. The van der Waals surface area contributed by atoms with Gasteiger partial charge in [-0.1, -0.05) is 54.9 Å². The highest BCUT2D eigenvalue weighted by molar-refractivity contribution is 6.13. The molecule has 1 heterocycles. The standard InChI is InChI=1S/C20H21N3O4/c1-2-3-12-26-20(25)27-22-16-13-14-8-4-6-10-17(14)23(19(21)24)18-11-7-5-9-15(16)18/h4-11H,2-3,12-13H2,1H3,(H2,21,24)/b22-16+. The quantitative estimate of drug-likeness (QED) is 0.381. The molecule has 1 aliphatic rings. The van der Waals surface area contributed by atoms with E-state index in [4.69, 9.17) is 15.3 Å². The lowest BCUT2D eigenvalue weighted by Crippen LogP contribution is -2.32. The summed E-state index contributed by atoms with van der Waals surface area (Å²) in [5, 5.41) is 4.02. The van der Waals surface area contributed by atoms with Crippen LogP contribution in [0.25, 0.3) is 0 Å². The molecule has 2 aromatic rings. The summed E-state index contributed by atoms with van der Waals surface area (Å²) in [6.45, 7) is 2.29. The van der Waals surface area contributed by atoms with E-state index >= 15 is 0 Å². The van der Waals surface area contributed by atoms with Crippen LogP contribution >= 0.6 is 0 Å². The van der Waals surface area contributed by atoms with E-state index in [0.29, 0.717) is 29.1 Å². The van der Waals surface area contributed by atoms with Gasteiger partial charge in [-0.2, -0.15) is 0 Å². The molecule has 0 bridgehead atoms. The first kappa shape index (κ1) is 18.4. The van der Waals surface area contributed by atoms with Crippen LogP contribution in [0, 0.1) is 0 Å². The minimum Gasteiger partial charge on any atom is -0.433 e. The second-order valence-corrected chi connectivity index (χ2v) is 6.08. The van der Waals surface area contributed by atoms with E-state index in [0.717, 1.165) is 18.4 Å². The number of oxime groups is 1. The molecule has 2 amide bonds.